The van der Waals surface area contributed by atoms with E-state index in [0.717, 1.165) is 16.8 Å². The highest BCUT2D eigenvalue weighted by Crippen LogP contribution is 2.33. The van der Waals surface area contributed by atoms with Crippen molar-refractivity contribution >= 4 is 28.9 Å². The van der Waals surface area contributed by atoms with Gasteiger partial charge in [0.25, 0.3) is 0 Å². The van der Waals surface area contributed by atoms with Crippen molar-refractivity contribution in [1.82, 2.24) is 15.4 Å². The van der Waals surface area contributed by atoms with E-state index in [1.165, 1.54) is 18.5 Å². The maximum Gasteiger partial charge on any atom is 0.355 e. The zero-order valence-electron chi connectivity index (χ0n) is 20.9. The van der Waals surface area contributed by atoms with Crippen LogP contribution in [0.5, 0.6) is 0 Å². The highest BCUT2D eigenvalue weighted by Gasteiger charge is 2.30. The van der Waals surface area contributed by atoms with Gasteiger partial charge in [0.15, 0.2) is 0 Å². The number of piperazine rings is 1. The molecule has 10 nitrogen and oxygen atoms in total. The van der Waals surface area contributed by atoms with E-state index in [2.05, 4.69) is 25.7 Å². The minimum absolute atomic E-state index is 0.112. The zero-order chi connectivity index (χ0) is 27.2. The summed E-state index contributed by atoms with van der Waals surface area (Å²) in [6.45, 7) is 2.07. The summed E-state index contributed by atoms with van der Waals surface area (Å²) in [5.41, 5.74) is 7.39. The van der Waals surface area contributed by atoms with Crippen LogP contribution < -0.4 is 20.7 Å². The summed E-state index contributed by atoms with van der Waals surface area (Å²) in [4.78, 5) is 37.1. The minimum atomic E-state index is -0.639. The molecule has 11 heteroatoms. The topological polar surface area (TPSA) is 117 Å². The molecule has 1 amide bonds. The van der Waals surface area contributed by atoms with Gasteiger partial charge in [0.05, 0.1) is 10.8 Å². The van der Waals surface area contributed by atoms with Crippen LogP contribution in [0.3, 0.4) is 0 Å². The maximum absolute atomic E-state index is 13.4. The molecule has 0 atom stereocenters. The third-order valence-electron chi connectivity index (χ3n) is 6.59. The number of rotatable bonds is 8. The number of nitrogens with one attached hydrogen (secondary N) is 2. The summed E-state index contributed by atoms with van der Waals surface area (Å²) in [5.74, 6) is -1.29. The monoisotopic (exact) mass is 527 g/mol. The van der Waals surface area contributed by atoms with Gasteiger partial charge in [-0.3, -0.25) is 25.8 Å². The van der Waals surface area contributed by atoms with Crippen LogP contribution in [-0.4, -0.2) is 47.0 Å². The molecule has 0 spiro atoms. The average molecular weight is 528 g/mol. The van der Waals surface area contributed by atoms with E-state index in [9.17, 15) is 19.3 Å². The highest BCUT2D eigenvalue weighted by molar-refractivity contribution is 5.88. The number of carbonyl (C=O) groups excluding carboxylic acids is 1. The molecule has 1 fully saturated rings. The summed E-state index contributed by atoms with van der Waals surface area (Å²) in [6, 6.07) is 24.8. The molecule has 5 rings (SSSR count). The van der Waals surface area contributed by atoms with E-state index in [0.29, 0.717) is 26.2 Å². The molecule has 3 aromatic carbocycles. The largest absolute Gasteiger partial charge is 0.368 e. The molecule has 198 valence electrons. The van der Waals surface area contributed by atoms with E-state index in [1.807, 2.05) is 65.6 Å². The summed E-state index contributed by atoms with van der Waals surface area (Å²) >= 11 is 0. The molecular weight excluding hydrogens is 501 g/mol. The number of aromatic nitrogens is 2. The summed E-state index contributed by atoms with van der Waals surface area (Å²) in [5, 5.41) is 12.1. The molecule has 0 aliphatic carbocycles. The number of benzene rings is 3. The number of amides is 1. The number of hydrogen-bond acceptors (Lipinski definition) is 8. The van der Waals surface area contributed by atoms with Gasteiger partial charge in [-0.25, -0.2) is 14.4 Å². The average Bonchev–Trinajstić information content (AvgIpc) is 2.97. The number of halogens is 1. The van der Waals surface area contributed by atoms with Crippen LogP contribution in [0.2, 0.25) is 0 Å². The number of hydrogen-bond donors (Lipinski definition) is 2. The van der Waals surface area contributed by atoms with Gasteiger partial charge in [0, 0.05) is 31.9 Å². The van der Waals surface area contributed by atoms with Crippen LogP contribution in [0.1, 0.15) is 17.0 Å². The molecule has 1 aromatic heterocycles. The number of carbonyl (C=O) groups is 1. The molecular formula is C28H26FN7O3. The first-order valence-electron chi connectivity index (χ1n) is 12.4. The molecule has 2 N–H and O–H groups in total. The van der Waals surface area contributed by atoms with Crippen LogP contribution in [0.25, 0.3) is 0 Å². The fraction of sp³-hybridized carbons (Fsp3) is 0.179. The molecule has 0 bridgehead atoms. The Hall–Kier alpha value is -5.06. The third kappa shape index (κ3) is 5.77. The van der Waals surface area contributed by atoms with Crippen molar-refractivity contribution < 1.29 is 14.1 Å². The van der Waals surface area contributed by atoms with Crippen LogP contribution in [0.4, 0.5) is 27.4 Å². The second-order valence-electron chi connectivity index (χ2n) is 8.97. The van der Waals surface area contributed by atoms with E-state index in [1.54, 1.807) is 12.1 Å². The first-order chi connectivity index (χ1) is 19.0. The van der Waals surface area contributed by atoms with Gasteiger partial charge in [-0.05, 0) is 35.4 Å². The smallest absolute Gasteiger partial charge is 0.355 e. The van der Waals surface area contributed by atoms with Gasteiger partial charge in [-0.1, -0.05) is 60.7 Å². The van der Waals surface area contributed by atoms with Crippen molar-refractivity contribution in [2.45, 2.75) is 5.92 Å². The molecule has 2 heterocycles. The van der Waals surface area contributed by atoms with Crippen molar-refractivity contribution in [2.75, 3.05) is 41.4 Å². The predicted octanol–water partition coefficient (Wildman–Crippen LogP) is 4.13. The van der Waals surface area contributed by atoms with E-state index in [-0.39, 0.29) is 23.1 Å². The quantitative estimate of drug-likeness (QED) is 0.260. The SMILES string of the molecule is O=C(NNc1ncnc(N2CCN(c3ccc(F)cc3)CC2)c1[N+](=O)[O-])C(c1ccccc1)c1ccccc1. The number of anilines is 3. The molecule has 0 radical (unpaired) electrons. The van der Waals surface area contributed by atoms with E-state index >= 15 is 0 Å². The summed E-state index contributed by atoms with van der Waals surface area (Å²) < 4.78 is 13.3. The van der Waals surface area contributed by atoms with Crippen molar-refractivity contribution in [1.29, 1.82) is 0 Å². The van der Waals surface area contributed by atoms with Gasteiger partial charge in [0.1, 0.15) is 12.1 Å². The highest BCUT2D eigenvalue weighted by atomic mass is 19.1. The fourth-order valence-electron chi connectivity index (χ4n) is 4.67. The Bertz CT molecular complexity index is 1390. The van der Waals surface area contributed by atoms with Gasteiger partial charge < -0.3 is 9.80 Å². The van der Waals surface area contributed by atoms with Gasteiger partial charge in [0.2, 0.25) is 17.5 Å². The lowest BCUT2D eigenvalue weighted by atomic mass is 9.91. The first kappa shape index (κ1) is 25.6. The van der Waals surface area contributed by atoms with Crippen molar-refractivity contribution in [3.05, 3.63) is 118 Å². The Morgan fingerprint density at radius 3 is 1.97 bits per heavy atom. The first-order valence-corrected chi connectivity index (χ1v) is 12.4. The zero-order valence-corrected chi connectivity index (χ0v) is 20.9. The number of hydrazine groups is 1. The Morgan fingerprint density at radius 1 is 0.846 bits per heavy atom. The molecule has 1 aliphatic rings. The van der Waals surface area contributed by atoms with Crippen LogP contribution in [0.15, 0.2) is 91.3 Å². The van der Waals surface area contributed by atoms with Crippen molar-refractivity contribution in [3.8, 4) is 0 Å². The van der Waals surface area contributed by atoms with Crippen LogP contribution in [-0.2, 0) is 4.79 Å². The minimum Gasteiger partial charge on any atom is -0.368 e. The number of nitrogens with zero attached hydrogens (tertiary/aromatic N) is 5. The molecule has 1 aliphatic heterocycles. The Labute approximate surface area is 224 Å². The maximum atomic E-state index is 13.4. The van der Waals surface area contributed by atoms with Crippen molar-refractivity contribution in [3.63, 3.8) is 0 Å². The van der Waals surface area contributed by atoms with Crippen LogP contribution in [0, 0.1) is 15.9 Å². The molecule has 39 heavy (non-hydrogen) atoms. The lowest BCUT2D eigenvalue weighted by Crippen LogP contribution is -2.47. The van der Waals surface area contributed by atoms with E-state index < -0.39 is 16.7 Å². The standard InChI is InChI=1S/C28H26FN7O3/c29-22-11-13-23(14-12-22)34-15-17-35(18-16-34)27-25(36(38)39)26(30-19-31-27)32-33-28(37)24(20-7-3-1-4-8-20)21-9-5-2-6-10-21/h1-14,19,24H,15-18H2,(H,33,37)(H,30,31,32). The van der Waals surface area contributed by atoms with Gasteiger partial charge in [-0.15, -0.1) is 0 Å². The van der Waals surface area contributed by atoms with Crippen LogP contribution >= 0.6 is 0 Å². The van der Waals surface area contributed by atoms with Gasteiger partial charge in [-0.2, -0.15) is 0 Å². The lowest BCUT2D eigenvalue weighted by Gasteiger charge is -2.36. The van der Waals surface area contributed by atoms with E-state index in [4.69, 9.17) is 0 Å². The summed E-state index contributed by atoms with van der Waals surface area (Å²) in [6.07, 6.45) is 1.23. The Kier molecular flexibility index (Phi) is 7.58. The molecule has 0 saturated carbocycles. The molecule has 1 saturated heterocycles. The fourth-order valence-corrected chi connectivity index (χ4v) is 4.67. The normalized spacial score (nSPS) is 13.3. The van der Waals surface area contributed by atoms with Crippen molar-refractivity contribution in [2.24, 2.45) is 0 Å². The molecule has 4 aromatic rings. The predicted molar refractivity (Wildman–Crippen MR) is 146 cm³/mol. The van der Waals surface area contributed by atoms with Gasteiger partial charge >= 0.3 is 5.69 Å². The second-order valence-corrected chi connectivity index (χ2v) is 8.97. The molecule has 0 unspecified atom stereocenters. The second kappa shape index (κ2) is 11.5. The third-order valence-corrected chi connectivity index (χ3v) is 6.59. The summed E-state index contributed by atoms with van der Waals surface area (Å²) in [7, 11) is 0. The Morgan fingerprint density at radius 2 is 1.41 bits per heavy atom. The Balaban J connectivity index is 1.33. The lowest BCUT2D eigenvalue weighted by molar-refractivity contribution is -0.383. The number of nitro groups is 1.